The van der Waals surface area contributed by atoms with Crippen LogP contribution in [0.3, 0.4) is 0 Å². The molecule has 6 heteroatoms. The van der Waals surface area contributed by atoms with Crippen LogP contribution in [-0.2, 0) is 12.8 Å². The molecule has 2 aromatic carbocycles. The maximum absolute atomic E-state index is 5.99. The van der Waals surface area contributed by atoms with E-state index in [4.69, 9.17) is 18.9 Å². The van der Waals surface area contributed by atoms with Crippen LogP contribution in [0.5, 0.6) is 23.0 Å². The summed E-state index contributed by atoms with van der Waals surface area (Å²) in [6.07, 6.45) is 3.03. The molecule has 0 aromatic heterocycles. The monoisotopic (exact) mass is 379 g/mol. The molecule has 1 aliphatic carbocycles. The second-order valence-electron chi connectivity index (χ2n) is 6.06. The number of nitrogens with one attached hydrogen (secondary N) is 1. The second-order valence-corrected chi connectivity index (χ2v) is 6.06. The Morgan fingerprint density at radius 3 is 2.23 bits per heavy atom. The topological polar surface area (TPSA) is 49.0 Å². The molecule has 5 nitrogen and oxygen atoms in total. The van der Waals surface area contributed by atoms with Gasteiger partial charge in [-0.1, -0.05) is 0 Å². The largest absolute Gasteiger partial charge is 0.497 e. The van der Waals surface area contributed by atoms with E-state index in [1.54, 1.807) is 21.3 Å². The first-order valence-electron chi connectivity index (χ1n) is 8.50. The van der Waals surface area contributed by atoms with Gasteiger partial charge in [-0.2, -0.15) is 0 Å². The van der Waals surface area contributed by atoms with Crippen LogP contribution in [0.25, 0.3) is 0 Å². The zero-order valence-corrected chi connectivity index (χ0v) is 16.4. The molecule has 0 radical (unpaired) electrons. The molecule has 0 bridgehead atoms. The van der Waals surface area contributed by atoms with E-state index < -0.39 is 0 Å². The number of anilines is 1. The Labute approximate surface area is 161 Å². The molecular weight excluding hydrogens is 354 g/mol. The molecular formula is C20H26ClNO4. The molecule has 0 amide bonds. The van der Waals surface area contributed by atoms with Crippen LogP contribution in [0.4, 0.5) is 5.69 Å². The molecule has 1 N–H and O–H groups in total. The summed E-state index contributed by atoms with van der Waals surface area (Å²) in [4.78, 5) is 0. The summed E-state index contributed by atoms with van der Waals surface area (Å²) in [5, 5.41) is 3.46. The molecule has 0 heterocycles. The van der Waals surface area contributed by atoms with Crippen LogP contribution >= 0.6 is 12.4 Å². The van der Waals surface area contributed by atoms with Crippen molar-refractivity contribution in [1.82, 2.24) is 0 Å². The Balaban J connectivity index is 0.00000243. The lowest BCUT2D eigenvalue weighted by Crippen LogP contribution is -2.23. The third kappa shape index (κ3) is 4.10. The second kappa shape index (κ2) is 8.90. The summed E-state index contributed by atoms with van der Waals surface area (Å²) in [5.41, 5.74) is 3.58. The van der Waals surface area contributed by atoms with E-state index in [0.717, 1.165) is 47.9 Å². The minimum Gasteiger partial charge on any atom is -0.497 e. The van der Waals surface area contributed by atoms with Gasteiger partial charge in [0.2, 0.25) is 0 Å². The highest BCUT2D eigenvalue weighted by molar-refractivity contribution is 5.85. The zero-order valence-electron chi connectivity index (χ0n) is 15.6. The van der Waals surface area contributed by atoms with Crippen molar-refractivity contribution in [3.05, 3.63) is 41.5 Å². The minimum atomic E-state index is -0.223. The summed E-state index contributed by atoms with van der Waals surface area (Å²) in [6.45, 7) is 1.98. The molecule has 0 saturated carbocycles. The van der Waals surface area contributed by atoms with Crippen LogP contribution in [0.1, 0.15) is 24.5 Å². The number of hydrogen-bond acceptors (Lipinski definition) is 5. The number of ether oxygens (including phenoxy) is 4. The Morgan fingerprint density at radius 1 is 0.923 bits per heavy atom. The van der Waals surface area contributed by atoms with Crippen molar-refractivity contribution < 1.29 is 18.9 Å². The standard InChI is InChI=1S/C20H25NO4.ClH/c1-13(25-16-10-8-15(22-2)9-11-16)21-19-17-7-5-6-14(17)12-18(23-3)20(19)24-4;/h8-13,21H,5-7H2,1-4H3;1H. The summed E-state index contributed by atoms with van der Waals surface area (Å²) in [7, 11) is 4.98. The summed E-state index contributed by atoms with van der Waals surface area (Å²) in [5.74, 6) is 3.06. The van der Waals surface area contributed by atoms with Crippen LogP contribution in [0.2, 0.25) is 0 Å². The van der Waals surface area contributed by atoms with Gasteiger partial charge in [0.1, 0.15) is 11.5 Å². The molecule has 0 spiro atoms. The van der Waals surface area contributed by atoms with Gasteiger partial charge in [0.05, 0.1) is 27.0 Å². The average molecular weight is 380 g/mol. The zero-order chi connectivity index (χ0) is 17.8. The van der Waals surface area contributed by atoms with E-state index >= 15 is 0 Å². The highest BCUT2D eigenvalue weighted by Crippen LogP contribution is 2.43. The fourth-order valence-electron chi connectivity index (χ4n) is 3.29. The normalized spacial score (nSPS) is 13.2. The summed E-state index contributed by atoms with van der Waals surface area (Å²) < 4.78 is 22.3. The van der Waals surface area contributed by atoms with Crippen molar-refractivity contribution in [3.8, 4) is 23.0 Å². The van der Waals surface area contributed by atoms with Gasteiger partial charge < -0.3 is 24.3 Å². The van der Waals surface area contributed by atoms with Crippen molar-refractivity contribution in [1.29, 1.82) is 0 Å². The molecule has 3 rings (SSSR count). The molecule has 142 valence electrons. The van der Waals surface area contributed by atoms with Crippen molar-refractivity contribution in [2.75, 3.05) is 26.6 Å². The third-order valence-corrected chi connectivity index (χ3v) is 4.46. The molecule has 2 aromatic rings. The lowest BCUT2D eigenvalue weighted by atomic mass is 10.1. The van der Waals surface area contributed by atoms with E-state index in [0.29, 0.717) is 0 Å². The maximum atomic E-state index is 5.99. The van der Waals surface area contributed by atoms with Gasteiger partial charge in [-0.3, -0.25) is 0 Å². The lowest BCUT2D eigenvalue weighted by molar-refractivity contribution is 0.249. The van der Waals surface area contributed by atoms with Gasteiger partial charge in [-0.25, -0.2) is 0 Å². The molecule has 0 saturated heterocycles. The number of methoxy groups -OCH3 is 3. The van der Waals surface area contributed by atoms with E-state index in [-0.39, 0.29) is 18.6 Å². The highest BCUT2D eigenvalue weighted by atomic mass is 35.5. The Morgan fingerprint density at radius 2 is 1.62 bits per heavy atom. The summed E-state index contributed by atoms with van der Waals surface area (Å²) >= 11 is 0. The average Bonchev–Trinajstić information content (AvgIpc) is 3.10. The minimum absolute atomic E-state index is 0. The fraction of sp³-hybridized carbons (Fsp3) is 0.400. The van der Waals surface area contributed by atoms with Crippen LogP contribution < -0.4 is 24.3 Å². The van der Waals surface area contributed by atoms with E-state index in [1.165, 1.54) is 11.1 Å². The van der Waals surface area contributed by atoms with Crippen molar-refractivity contribution in [2.45, 2.75) is 32.4 Å². The molecule has 0 fully saturated rings. The van der Waals surface area contributed by atoms with Gasteiger partial charge in [0, 0.05) is 0 Å². The molecule has 1 aliphatic rings. The first kappa shape index (κ1) is 20.0. The number of aryl methyl sites for hydroxylation is 1. The number of hydrogen-bond donors (Lipinski definition) is 1. The SMILES string of the molecule is COc1ccc(OC(C)Nc2c3c(cc(OC)c2OC)CCC3)cc1.Cl. The predicted molar refractivity (Wildman–Crippen MR) is 106 cm³/mol. The van der Waals surface area contributed by atoms with E-state index in [2.05, 4.69) is 11.4 Å². The maximum Gasteiger partial charge on any atom is 0.184 e. The van der Waals surface area contributed by atoms with Crippen molar-refractivity contribution in [3.63, 3.8) is 0 Å². The molecule has 1 atom stereocenters. The Kier molecular flexibility index (Phi) is 6.86. The van der Waals surface area contributed by atoms with Gasteiger partial charge in [0.25, 0.3) is 0 Å². The number of halogens is 1. The van der Waals surface area contributed by atoms with Crippen LogP contribution in [0.15, 0.2) is 30.3 Å². The van der Waals surface area contributed by atoms with Gasteiger partial charge in [-0.05, 0) is 67.6 Å². The lowest BCUT2D eigenvalue weighted by Gasteiger charge is -2.23. The van der Waals surface area contributed by atoms with E-state index in [1.807, 2.05) is 31.2 Å². The van der Waals surface area contributed by atoms with Crippen molar-refractivity contribution >= 4 is 18.1 Å². The summed E-state index contributed by atoms with van der Waals surface area (Å²) in [6, 6.07) is 9.63. The molecule has 0 aliphatic heterocycles. The van der Waals surface area contributed by atoms with Gasteiger partial charge in [-0.15, -0.1) is 12.4 Å². The number of benzene rings is 2. The highest BCUT2D eigenvalue weighted by Gasteiger charge is 2.24. The smallest absolute Gasteiger partial charge is 0.184 e. The number of rotatable bonds is 7. The van der Waals surface area contributed by atoms with Crippen LogP contribution in [0, 0.1) is 0 Å². The van der Waals surface area contributed by atoms with Crippen molar-refractivity contribution in [2.24, 2.45) is 0 Å². The number of fused-ring (bicyclic) bond motifs is 1. The quantitative estimate of drug-likeness (QED) is 0.720. The van der Waals surface area contributed by atoms with Crippen LogP contribution in [-0.4, -0.2) is 27.6 Å². The first-order valence-corrected chi connectivity index (χ1v) is 8.50. The fourth-order valence-corrected chi connectivity index (χ4v) is 3.29. The third-order valence-electron chi connectivity index (χ3n) is 4.46. The molecule has 1 unspecified atom stereocenters. The Bertz CT molecular complexity index is 734. The van der Waals surface area contributed by atoms with Gasteiger partial charge >= 0.3 is 0 Å². The Hall–Kier alpha value is -2.27. The molecule has 26 heavy (non-hydrogen) atoms. The predicted octanol–water partition coefficient (Wildman–Crippen LogP) is 4.46. The first-order chi connectivity index (χ1) is 12.2. The van der Waals surface area contributed by atoms with Gasteiger partial charge in [0.15, 0.2) is 17.7 Å². The van der Waals surface area contributed by atoms with E-state index in [9.17, 15) is 0 Å².